The van der Waals surface area contributed by atoms with Crippen LogP contribution in [-0.2, 0) is 20.7 Å². The normalized spacial score (nSPS) is 13.7. The average Bonchev–Trinajstić information content (AvgIpc) is 3.30. The summed E-state index contributed by atoms with van der Waals surface area (Å²) in [5.41, 5.74) is 2.91. The van der Waals surface area contributed by atoms with E-state index in [-0.39, 0.29) is 24.5 Å². The minimum Gasteiger partial charge on any atom is -0.452 e. The lowest BCUT2D eigenvalue weighted by molar-refractivity contribution is -0.124. The molecular formula is C23H20N2O4S. The number of anilines is 1. The molecule has 2 N–H and O–H groups in total. The molecule has 0 bridgehead atoms. The van der Waals surface area contributed by atoms with Crippen molar-refractivity contribution in [3.63, 3.8) is 0 Å². The van der Waals surface area contributed by atoms with E-state index in [0.29, 0.717) is 24.1 Å². The zero-order chi connectivity index (χ0) is 20.9. The van der Waals surface area contributed by atoms with Crippen LogP contribution in [0, 0.1) is 0 Å². The molecule has 6 nitrogen and oxygen atoms in total. The number of benzene rings is 2. The third-order valence-corrected chi connectivity index (χ3v) is 5.77. The molecule has 2 aromatic carbocycles. The lowest BCUT2D eigenvalue weighted by Crippen LogP contribution is -2.32. The van der Waals surface area contributed by atoms with E-state index in [4.69, 9.17) is 4.74 Å². The second kappa shape index (κ2) is 8.92. The molecule has 0 fully saturated rings. The van der Waals surface area contributed by atoms with Gasteiger partial charge in [-0.25, -0.2) is 4.79 Å². The highest BCUT2D eigenvalue weighted by atomic mass is 32.1. The van der Waals surface area contributed by atoms with Crippen LogP contribution < -0.4 is 10.6 Å². The molecule has 1 aliphatic rings. The van der Waals surface area contributed by atoms with Crippen LogP contribution in [0.1, 0.15) is 38.8 Å². The van der Waals surface area contributed by atoms with E-state index in [2.05, 4.69) is 10.6 Å². The molecule has 1 aromatic heterocycles. The first-order valence-corrected chi connectivity index (χ1v) is 10.5. The van der Waals surface area contributed by atoms with Gasteiger partial charge >= 0.3 is 5.97 Å². The van der Waals surface area contributed by atoms with Gasteiger partial charge in [0.1, 0.15) is 0 Å². The van der Waals surface area contributed by atoms with Gasteiger partial charge in [0.2, 0.25) is 5.91 Å². The van der Waals surface area contributed by atoms with Gasteiger partial charge in [0.25, 0.3) is 5.91 Å². The predicted molar refractivity (Wildman–Crippen MR) is 114 cm³/mol. The number of hydrogen-bond donors (Lipinski definition) is 2. The number of ether oxygens (including phenoxy) is 1. The van der Waals surface area contributed by atoms with Gasteiger partial charge < -0.3 is 15.4 Å². The van der Waals surface area contributed by atoms with Crippen LogP contribution in [0.5, 0.6) is 0 Å². The maximum Gasteiger partial charge on any atom is 0.338 e. The number of fused-ring (bicyclic) bond motifs is 1. The van der Waals surface area contributed by atoms with Crippen LogP contribution >= 0.6 is 11.3 Å². The summed E-state index contributed by atoms with van der Waals surface area (Å²) >= 11 is 1.55. The molecule has 4 rings (SSSR count). The Morgan fingerprint density at radius 3 is 2.67 bits per heavy atom. The quantitative estimate of drug-likeness (QED) is 0.596. The maximum atomic E-state index is 12.5. The number of hydrogen-bond acceptors (Lipinski definition) is 5. The number of aryl methyl sites for hydroxylation is 1. The van der Waals surface area contributed by atoms with Gasteiger partial charge in [-0.15, -0.1) is 11.3 Å². The standard InChI is InChI=1S/C23H20N2O4S/c26-20-11-9-16-13-17(8-10-18(16)24-20)23(28)29-14-21(27)25-22(19-7-4-12-30-19)15-5-2-1-3-6-15/h1-8,10,12-13,22H,9,11,14H2,(H,24,26)(H,25,27). The Labute approximate surface area is 177 Å². The van der Waals surface area contributed by atoms with Gasteiger partial charge in [-0.1, -0.05) is 36.4 Å². The first kappa shape index (κ1) is 19.8. The first-order valence-electron chi connectivity index (χ1n) is 9.58. The Bertz CT molecular complexity index is 1060. The number of esters is 1. The fourth-order valence-corrected chi connectivity index (χ4v) is 4.15. The fraction of sp³-hybridized carbons (Fsp3) is 0.174. The van der Waals surface area contributed by atoms with Crippen LogP contribution in [0.25, 0.3) is 0 Å². The molecule has 3 aromatic rings. The van der Waals surface area contributed by atoms with Gasteiger partial charge in [-0.05, 0) is 47.2 Å². The summed E-state index contributed by atoms with van der Waals surface area (Å²) in [6.45, 7) is -0.374. The smallest absolute Gasteiger partial charge is 0.338 e. The Morgan fingerprint density at radius 2 is 1.90 bits per heavy atom. The highest BCUT2D eigenvalue weighted by molar-refractivity contribution is 7.10. The maximum absolute atomic E-state index is 12.5. The van der Waals surface area contributed by atoms with Gasteiger partial charge in [0.15, 0.2) is 6.61 Å². The second-order valence-corrected chi connectivity index (χ2v) is 7.90. The summed E-state index contributed by atoms with van der Waals surface area (Å²) in [5.74, 6) is -0.985. The van der Waals surface area contributed by atoms with Crippen molar-refractivity contribution in [2.45, 2.75) is 18.9 Å². The zero-order valence-corrected chi connectivity index (χ0v) is 16.9. The van der Waals surface area contributed by atoms with Gasteiger partial charge in [0, 0.05) is 17.0 Å². The molecular weight excluding hydrogens is 400 g/mol. The van der Waals surface area contributed by atoms with Crippen molar-refractivity contribution in [3.05, 3.63) is 87.6 Å². The molecule has 0 radical (unpaired) electrons. The Kier molecular flexibility index (Phi) is 5.90. The van der Waals surface area contributed by atoms with E-state index in [1.54, 1.807) is 29.5 Å². The number of nitrogens with one attached hydrogen (secondary N) is 2. The zero-order valence-electron chi connectivity index (χ0n) is 16.1. The number of thiophene rings is 1. The number of amides is 2. The molecule has 1 atom stereocenters. The predicted octanol–water partition coefficient (Wildman–Crippen LogP) is 3.70. The molecule has 2 heterocycles. The van der Waals surface area contributed by atoms with Crippen molar-refractivity contribution in [2.24, 2.45) is 0 Å². The molecule has 7 heteroatoms. The molecule has 0 aliphatic carbocycles. The molecule has 30 heavy (non-hydrogen) atoms. The van der Waals surface area contributed by atoms with Crippen LogP contribution in [0.3, 0.4) is 0 Å². The Hall–Kier alpha value is -3.45. The lowest BCUT2D eigenvalue weighted by Gasteiger charge is -2.18. The largest absolute Gasteiger partial charge is 0.452 e. The van der Waals surface area contributed by atoms with E-state index < -0.39 is 5.97 Å². The fourth-order valence-electron chi connectivity index (χ4n) is 3.35. The van der Waals surface area contributed by atoms with E-state index in [1.165, 1.54) is 0 Å². The van der Waals surface area contributed by atoms with Crippen molar-refractivity contribution in [3.8, 4) is 0 Å². The van der Waals surface area contributed by atoms with Gasteiger partial charge in [-0.3, -0.25) is 9.59 Å². The topological polar surface area (TPSA) is 84.5 Å². The summed E-state index contributed by atoms with van der Waals surface area (Å²) in [7, 11) is 0. The summed E-state index contributed by atoms with van der Waals surface area (Å²) in [6, 6.07) is 18.2. The van der Waals surface area contributed by atoms with Gasteiger partial charge in [0.05, 0.1) is 11.6 Å². The van der Waals surface area contributed by atoms with E-state index in [1.807, 2.05) is 47.8 Å². The highest BCUT2D eigenvalue weighted by Crippen LogP contribution is 2.26. The van der Waals surface area contributed by atoms with Crippen LogP contribution in [-0.4, -0.2) is 24.4 Å². The summed E-state index contributed by atoms with van der Waals surface area (Å²) in [6.07, 6.45) is 0.958. The lowest BCUT2D eigenvalue weighted by atomic mass is 10.0. The van der Waals surface area contributed by atoms with Crippen LogP contribution in [0.4, 0.5) is 5.69 Å². The summed E-state index contributed by atoms with van der Waals surface area (Å²) in [4.78, 5) is 37.3. The minimum absolute atomic E-state index is 0.0341. The number of carbonyl (C=O) groups is 3. The first-order chi connectivity index (χ1) is 14.6. The molecule has 1 unspecified atom stereocenters. The van der Waals surface area contributed by atoms with Crippen molar-refractivity contribution < 1.29 is 19.1 Å². The average molecular weight is 420 g/mol. The Morgan fingerprint density at radius 1 is 1.07 bits per heavy atom. The number of rotatable bonds is 6. The minimum atomic E-state index is -0.572. The van der Waals surface area contributed by atoms with E-state index in [0.717, 1.165) is 16.0 Å². The molecule has 0 saturated heterocycles. The monoisotopic (exact) mass is 420 g/mol. The SMILES string of the molecule is O=C1CCc2cc(C(=O)OCC(=O)NC(c3ccccc3)c3cccs3)ccc2N1. The Balaban J connectivity index is 1.39. The van der Waals surface area contributed by atoms with Crippen molar-refractivity contribution in [1.82, 2.24) is 5.32 Å². The molecule has 0 saturated carbocycles. The van der Waals surface area contributed by atoms with Crippen molar-refractivity contribution in [1.29, 1.82) is 0 Å². The summed E-state index contributed by atoms with van der Waals surface area (Å²) < 4.78 is 5.22. The van der Waals surface area contributed by atoms with Gasteiger partial charge in [-0.2, -0.15) is 0 Å². The third kappa shape index (κ3) is 4.58. The van der Waals surface area contributed by atoms with E-state index in [9.17, 15) is 14.4 Å². The second-order valence-electron chi connectivity index (χ2n) is 6.92. The van der Waals surface area contributed by atoms with Crippen LogP contribution in [0.2, 0.25) is 0 Å². The van der Waals surface area contributed by atoms with E-state index >= 15 is 0 Å². The highest BCUT2D eigenvalue weighted by Gasteiger charge is 2.20. The van der Waals surface area contributed by atoms with Crippen molar-refractivity contribution in [2.75, 3.05) is 11.9 Å². The molecule has 2 amide bonds. The van der Waals surface area contributed by atoms with Crippen molar-refractivity contribution >= 4 is 34.8 Å². The number of carbonyl (C=O) groups excluding carboxylic acids is 3. The molecule has 1 aliphatic heterocycles. The summed E-state index contributed by atoms with van der Waals surface area (Å²) in [5, 5.41) is 7.67. The molecule has 0 spiro atoms. The van der Waals surface area contributed by atoms with Crippen LogP contribution in [0.15, 0.2) is 66.0 Å². The third-order valence-electron chi connectivity index (χ3n) is 4.84. The molecule has 152 valence electrons.